The molecule has 1 unspecified atom stereocenters. The molecule has 0 aromatic carbocycles. The molecule has 1 rings (SSSR count). The van der Waals surface area contributed by atoms with Gasteiger partial charge in [-0.2, -0.15) is 0 Å². The van der Waals surface area contributed by atoms with Gasteiger partial charge in [0.05, 0.1) is 11.3 Å². The Kier molecular flexibility index (Phi) is 3.55. The number of hydrogen-bond donors (Lipinski definition) is 1. The van der Waals surface area contributed by atoms with Crippen LogP contribution in [0.4, 0.5) is 0 Å². The summed E-state index contributed by atoms with van der Waals surface area (Å²) in [7, 11) is 4.05. The molecule has 0 bridgehead atoms. The molecule has 0 heterocycles. The van der Waals surface area contributed by atoms with Crippen molar-refractivity contribution in [2.75, 3.05) is 14.1 Å². The third kappa shape index (κ3) is 2.23. The van der Waals surface area contributed by atoms with Gasteiger partial charge in [0.2, 0.25) is 0 Å². The number of hydrogen-bond acceptors (Lipinski definition) is 3. The van der Waals surface area contributed by atoms with Crippen LogP contribution < -0.4 is 0 Å². The molecule has 0 saturated carbocycles. The van der Waals surface area contributed by atoms with E-state index in [0.29, 0.717) is 5.92 Å². The first-order chi connectivity index (χ1) is 6.91. The van der Waals surface area contributed by atoms with Gasteiger partial charge in [-0.05, 0) is 45.9 Å². The topological polar surface area (TPSA) is 35.8 Å². The van der Waals surface area contributed by atoms with Gasteiger partial charge >= 0.3 is 0 Å². The largest absolute Gasteiger partial charge is 0.411 e. The van der Waals surface area contributed by atoms with Crippen LogP contribution in [-0.2, 0) is 0 Å². The summed E-state index contributed by atoms with van der Waals surface area (Å²) in [4.78, 5) is 2.12. The van der Waals surface area contributed by atoms with E-state index in [-0.39, 0.29) is 5.54 Å². The van der Waals surface area contributed by atoms with Crippen LogP contribution in [0.5, 0.6) is 0 Å². The standard InChI is InChI=1S/C12H22N2O/c1-9(2)10-6-7-12(3,14(4)5)11(8-10)13-15/h8-9,15H,6-7H2,1-5H3. The van der Waals surface area contributed by atoms with Crippen molar-refractivity contribution in [1.29, 1.82) is 0 Å². The second-order valence-electron chi connectivity index (χ2n) is 5.03. The highest BCUT2D eigenvalue weighted by atomic mass is 16.4. The molecule has 0 aliphatic heterocycles. The molecule has 3 nitrogen and oxygen atoms in total. The number of oxime groups is 1. The van der Waals surface area contributed by atoms with Gasteiger partial charge < -0.3 is 5.21 Å². The predicted octanol–water partition coefficient (Wildman–Crippen LogP) is 2.51. The van der Waals surface area contributed by atoms with E-state index in [1.54, 1.807) is 0 Å². The van der Waals surface area contributed by atoms with Gasteiger partial charge in [-0.3, -0.25) is 4.90 Å². The Morgan fingerprint density at radius 2 is 2.07 bits per heavy atom. The minimum absolute atomic E-state index is 0.132. The maximum atomic E-state index is 9.09. The lowest BCUT2D eigenvalue weighted by atomic mass is 9.78. The van der Waals surface area contributed by atoms with Crippen LogP contribution in [0.1, 0.15) is 33.6 Å². The van der Waals surface area contributed by atoms with Crippen molar-refractivity contribution in [3.8, 4) is 0 Å². The Morgan fingerprint density at radius 3 is 2.47 bits per heavy atom. The van der Waals surface area contributed by atoms with Crippen LogP contribution in [-0.4, -0.2) is 35.5 Å². The summed E-state index contributed by atoms with van der Waals surface area (Å²) in [5.41, 5.74) is 2.03. The number of rotatable bonds is 2. The van der Waals surface area contributed by atoms with Crippen molar-refractivity contribution >= 4 is 5.71 Å². The van der Waals surface area contributed by atoms with Gasteiger partial charge in [0, 0.05) is 0 Å². The van der Waals surface area contributed by atoms with Crippen molar-refractivity contribution in [2.45, 2.75) is 39.2 Å². The molecule has 0 radical (unpaired) electrons. The van der Waals surface area contributed by atoms with E-state index in [0.717, 1.165) is 18.6 Å². The first-order valence-electron chi connectivity index (χ1n) is 5.52. The third-order valence-corrected chi connectivity index (χ3v) is 3.61. The smallest absolute Gasteiger partial charge is 0.0995 e. The molecule has 0 saturated heterocycles. The zero-order valence-electron chi connectivity index (χ0n) is 10.4. The molecule has 0 aromatic heterocycles. The van der Waals surface area contributed by atoms with E-state index in [4.69, 9.17) is 5.21 Å². The Hall–Kier alpha value is -0.830. The zero-order chi connectivity index (χ0) is 11.6. The van der Waals surface area contributed by atoms with Gasteiger partial charge in [-0.1, -0.05) is 24.6 Å². The fourth-order valence-corrected chi connectivity index (χ4v) is 1.96. The zero-order valence-corrected chi connectivity index (χ0v) is 10.4. The van der Waals surface area contributed by atoms with Crippen molar-refractivity contribution in [3.63, 3.8) is 0 Å². The normalized spacial score (nSPS) is 30.1. The molecule has 0 fully saturated rings. The lowest BCUT2D eigenvalue weighted by Crippen LogP contribution is -2.49. The molecule has 1 aliphatic carbocycles. The summed E-state index contributed by atoms with van der Waals surface area (Å²) in [5, 5.41) is 12.5. The van der Waals surface area contributed by atoms with Crippen LogP contribution in [0.15, 0.2) is 16.8 Å². The van der Waals surface area contributed by atoms with Crippen LogP contribution in [0.3, 0.4) is 0 Å². The fraction of sp³-hybridized carbons (Fsp3) is 0.750. The predicted molar refractivity (Wildman–Crippen MR) is 63.5 cm³/mol. The first kappa shape index (κ1) is 12.2. The number of allylic oxidation sites excluding steroid dienone is 1. The highest BCUT2D eigenvalue weighted by molar-refractivity contribution is 6.03. The lowest BCUT2D eigenvalue weighted by molar-refractivity contribution is 0.221. The van der Waals surface area contributed by atoms with Gasteiger partial charge in [-0.25, -0.2) is 0 Å². The summed E-state index contributed by atoms with van der Waals surface area (Å²) >= 11 is 0. The number of nitrogens with zero attached hydrogens (tertiary/aromatic N) is 2. The van der Waals surface area contributed by atoms with E-state index in [1.807, 2.05) is 20.2 Å². The summed E-state index contributed by atoms with van der Waals surface area (Å²) in [6.07, 6.45) is 4.16. The van der Waals surface area contributed by atoms with E-state index in [9.17, 15) is 0 Å². The lowest BCUT2D eigenvalue weighted by Gasteiger charge is -2.39. The SMILES string of the molecule is CC(C)C1=CC(=NO)C(C)(N(C)C)CC1. The Balaban J connectivity index is 3.03. The second kappa shape index (κ2) is 4.35. The highest BCUT2D eigenvalue weighted by Gasteiger charge is 2.35. The van der Waals surface area contributed by atoms with E-state index >= 15 is 0 Å². The molecular weight excluding hydrogens is 188 g/mol. The summed E-state index contributed by atoms with van der Waals surface area (Å²) in [5.74, 6) is 0.536. The van der Waals surface area contributed by atoms with Gasteiger partial charge in [0.15, 0.2) is 0 Å². The summed E-state index contributed by atoms with van der Waals surface area (Å²) < 4.78 is 0. The van der Waals surface area contributed by atoms with Gasteiger partial charge in [0.25, 0.3) is 0 Å². The maximum Gasteiger partial charge on any atom is 0.0995 e. The minimum atomic E-state index is -0.132. The van der Waals surface area contributed by atoms with Crippen molar-refractivity contribution in [1.82, 2.24) is 4.90 Å². The Morgan fingerprint density at radius 1 is 1.47 bits per heavy atom. The molecule has 0 aromatic rings. The van der Waals surface area contributed by atoms with E-state index in [2.05, 4.69) is 30.8 Å². The Labute approximate surface area is 92.5 Å². The molecule has 0 spiro atoms. The molecular formula is C12H22N2O. The second-order valence-corrected chi connectivity index (χ2v) is 5.03. The molecule has 1 N–H and O–H groups in total. The van der Waals surface area contributed by atoms with Crippen LogP contribution >= 0.6 is 0 Å². The Bertz CT molecular complexity index is 292. The van der Waals surface area contributed by atoms with Crippen LogP contribution in [0.2, 0.25) is 0 Å². The van der Waals surface area contributed by atoms with Crippen LogP contribution in [0, 0.1) is 5.92 Å². The molecule has 15 heavy (non-hydrogen) atoms. The maximum absolute atomic E-state index is 9.09. The summed E-state index contributed by atoms with van der Waals surface area (Å²) in [6, 6.07) is 0. The average molecular weight is 210 g/mol. The molecule has 3 heteroatoms. The summed E-state index contributed by atoms with van der Waals surface area (Å²) in [6.45, 7) is 6.48. The van der Waals surface area contributed by atoms with Crippen LogP contribution in [0.25, 0.3) is 0 Å². The van der Waals surface area contributed by atoms with Gasteiger partial charge in [0.1, 0.15) is 0 Å². The van der Waals surface area contributed by atoms with E-state index in [1.165, 1.54) is 5.57 Å². The van der Waals surface area contributed by atoms with Crippen molar-refractivity contribution in [2.24, 2.45) is 11.1 Å². The molecule has 1 atom stereocenters. The monoisotopic (exact) mass is 210 g/mol. The van der Waals surface area contributed by atoms with Crippen molar-refractivity contribution in [3.05, 3.63) is 11.6 Å². The minimum Gasteiger partial charge on any atom is -0.411 e. The molecule has 0 amide bonds. The fourth-order valence-electron chi connectivity index (χ4n) is 1.96. The molecule has 86 valence electrons. The first-order valence-corrected chi connectivity index (χ1v) is 5.52. The highest BCUT2D eigenvalue weighted by Crippen LogP contribution is 2.32. The average Bonchev–Trinajstić information content (AvgIpc) is 2.17. The van der Waals surface area contributed by atoms with Crippen molar-refractivity contribution < 1.29 is 5.21 Å². The van der Waals surface area contributed by atoms with E-state index < -0.39 is 0 Å². The van der Waals surface area contributed by atoms with Gasteiger partial charge in [-0.15, -0.1) is 0 Å². The molecule has 1 aliphatic rings. The third-order valence-electron chi connectivity index (χ3n) is 3.61. The quantitative estimate of drug-likeness (QED) is 0.561.